The van der Waals surface area contributed by atoms with Gasteiger partial charge in [-0.3, -0.25) is 4.99 Å². The van der Waals surface area contributed by atoms with Crippen LogP contribution < -0.4 is 20.7 Å². The molecule has 0 atom stereocenters. The lowest BCUT2D eigenvalue weighted by Crippen LogP contribution is -2.40. The molecule has 3 N–H and O–H groups in total. The van der Waals surface area contributed by atoms with Gasteiger partial charge in [-0.1, -0.05) is 12.1 Å². The number of hydrogen-bond donors (Lipinski definition) is 3. The van der Waals surface area contributed by atoms with Gasteiger partial charge in [-0.2, -0.15) is 13.2 Å². The van der Waals surface area contributed by atoms with Crippen molar-refractivity contribution in [2.24, 2.45) is 4.99 Å². The summed E-state index contributed by atoms with van der Waals surface area (Å²) >= 11 is 0. The molecule has 0 spiro atoms. The van der Waals surface area contributed by atoms with E-state index in [2.05, 4.69) is 43.0 Å². The van der Waals surface area contributed by atoms with Gasteiger partial charge in [0.1, 0.15) is 11.4 Å². The van der Waals surface area contributed by atoms with E-state index in [9.17, 15) is 13.2 Å². The Bertz CT molecular complexity index is 862. The summed E-state index contributed by atoms with van der Waals surface area (Å²) in [5, 5.41) is 9.07. The van der Waals surface area contributed by atoms with Crippen LogP contribution in [0.5, 0.6) is 5.75 Å². The number of nitrogens with one attached hydrogen (secondary N) is 3. The maximum Gasteiger partial charge on any atom is 0.433 e. The van der Waals surface area contributed by atoms with Crippen LogP contribution in [0.1, 0.15) is 16.8 Å². The lowest BCUT2D eigenvalue weighted by atomic mass is 10.1. The van der Waals surface area contributed by atoms with E-state index in [4.69, 9.17) is 4.74 Å². The van der Waals surface area contributed by atoms with Gasteiger partial charge >= 0.3 is 6.18 Å². The second-order valence-electron chi connectivity index (χ2n) is 6.41. The minimum absolute atomic E-state index is 0. The number of guanidine groups is 1. The largest absolute Gasteiger partial charge is 0.493 e. The molecule has 0 unspecified atom stereocenters. The Hall–Kier alpha value is -2.31. The van der Waals surface area contributed by atoms with Crippen molar-refractivity contribution in [1.29, 1.82) is 0 Å². The van der Waals surface area contributed by atoms with Gasteiger partial charge in [0.2, 0.25) is 5.95 Å². The van der Waals surface area contributed by atoms with Gasteiger partial charge in [0.25, 0.3) is 0 Å². The Labute approximate surface area is 190 Å². The van der Waals surface area contributed by atoms with Crippen LogP contribution in [0, 0.1) is 0 Å². The van der Waals surface area contributed by atoms with E-state index in [1.165, 1.54) is 11.1 Å². The van der Waals surface area contributed by atoms with Crippen molar-refractivity contribution in [2.45, 2.75) is 19.0 Å². The molecule has 0 radical (unpaired) electrons. The number of halogens is 4. The summed E-state index contributed by atoms with van der Waals surface area (Å²) in [4.78, 5) is 11.4. The molecule has 1 aliphatic rings. The highest BCUT2D eigenvalue weighted by atomic mass is 127. The van der Waals surface area contributed by atoms with Gasteiger partial charge in [0, 0.05) is 39.3 Å². The molecule has 3 rings (SSSR count). The van der Waals surface area contributed by atoms with Crippen molar-refractivity contribution in [3.8, 4) is 5.75 Å². The van der Waals surface area contributed by atoms with Crippen molar-refractivity contribution in [3.63, 3.8) is 0 Å². The predicted molar refractivity (Wildman–Crippen MR) is 120 cm³/mol. The number of ether oxygens (including phenoxy) is 1. The number of rotatable bonds is 7. The first kappa shape index (κ1) is 24.0. The summed E-state index contributed by atoms with van der Waals surface area (Å²) in [5.41, 5.74) is 1.49. The molecule has 164 valence electrons. The van der Waals surface area contributed by atoms with Gasteiger partial charge < -0.3 is 20.7 Å². The van der Waals surface area contributed by atoms with Crippen LogP contribution in [0.2, 0.25) is 0 Å². The van der Waals surface area contributed by atoms with Crippen molar-refractivity contribution in [1.82, 2.24) is 20.6 Å². The zero-order chi connectivity index (χ0) is 20.7. The number of benzene rings is 1. The molecule has 0 saturated heterocycles. The fourth-order valence-corrected chi connectivity index (χ4v) is 2.90. The average Bonchev–Trinajstić information content (AvgIpc) is 3.17. The minimum Gasteiger partial charge on any atom is -0.493 e. The summed E-state index contributed by atoms with van der Waals surface area (Å²) in [6.07, 6.45) is -1.63. The molecule has 0 saturated carbocycles. The second kappa shape index (κ2) is 11.2. The fourth-order valence-electron chi connectivity index (χ4n) is 2.90. The fraction of sp³-hybridized carbons (Fsp3) is 0.421. The third kappa shape index (κ3) is 6.89. The molecule has 1 aromatic heterocycles. The lowest BCUT2D eigenvalue weighted by Gasteiger charge is -2.13. The Balaban J connectivity index is 0.00000320. The summed E-state index contributed by atoms with van der Waals surface area (Å²) in [7, 11) is 1.66. The maximum absolute atomic E-state index is 12.7. The smallest absolute Gasteiger partial charge is 0.433 e. The van der Waals surface area contributed by atoms with Crippen LogP contribution >= 0.6 is 24.0 Å². The highest BCUT2D eigenvalue weighted by Crippen LogP contribution is 2.27. The highest BCUT2D eigenvalue weighted by Gasteiger charge is 2.32. The Morgan fingerprint density at radius 2 is 1.97 bits per heavy atom. The molecule has 0 amide bonds. The molecule has 0 bridgehead atoms. The highest BCUT2D eigenvalue weighted by molar-refractivity contribution is 14.0. The lowest BCUT2D eigenvalue weighted by molar-refractivity contribution is -0.141. The summed E-state index contributed by atoms with van der Waals surface area (Å²) in [6.45, 7) is 2.22. The summed E-state index contributed by atoms with van der Waals surface area (Å²) in [6, 6.07) is 7.07. The zero-order valence-corrected chi connectivity index (χ0v) is 18.8. The topological polar surface area (TPSA) is 83.5 Å². The van der Waals surface area contributed by atoms with E-state index in [0.29, 0.717) is 25.6 Å². The van der Waals surface area contributed by atoms with Crippen molar-refractivity contribution >= 4 is 35.9 Å². The number of fused-ring (bicyclic) bond motifs is 1. The van der Waals surface area contributed by atoms with Crippen LogP contribution in [0.15, 0.2) is 35.5 Å². The maximum atomic E-state index is 12.7. The number of aromatic nitrogens is 2. The molecule has 1 aliphatic heterocycles. The van der Waals surface area contributed by atoms with Crippen molar-refractivity contribution in [3.05, 3.63) is 47.3 Å². The predicted octanol–water partition coefficient (Wildman–Crippen LogP) is 2.87. The third-order valence-electron chi connectivity index (χ3n) is 4.33. The van der Waals surface area contributed by atoms with Gasteiger partial charge in [-0.05, 0) is 29.7 Å². The van der Waals surface area contributed by atoms with Crippen molar-refractivity contribution < 1.29 is 17.9 Å². The first-order chi connectivity index (χ1) is 14.0. The van der Waals surface area contributed by atoms with Gasteiger partial charge in [-0.15, -0.1) is 24.0 Å². The number of hydrogen-bond acceptors (Lipinski definition) is 5. The van der Waals surface area contributed by atoms with E-state index in [1.807, 2.05) is 6.07 Å². The second-order valence-corrected chi connectivity index (χ2v) is 6.41. The van der Waals surface area contributed by atoms with E-state index in [-0.39, 0.29) is 29.9 Å². The van der Waals surface area contributed by atoms with Gasteiger partial charge in [-0.25, -0.2) is 9.97 Å². The molecule has 11 heteroatoms. The van der Waals surface area contributed by atoms with Gasteiger partial charge in [0.05, 0.1) is 6.61 Å². The van der Waals surface area contributed by atoms with Crippen LogP contribution in [-0.2, 0) is 19.0 Å². The molecule has 2 heterocycles. The number of anilines is 1. The molecule has 0 fully saturated rings. The summed E-state index contributed by atoms with van der Waals surface area (Å²) in [5.74, 6) is 1.52. The van der Waals surface area contributed by atoms with Gasteiger partial charge in [0.15, 0.2) is 5.96 Å². The van der Waals surface area contributed by atoms with Crippen LogP contribution in [0.3, 0.4) is 0 Å². The first-order valence-corrected chi connectivity index (χ1v) is 9.29. The molecule has 1 aromatic carbocycles. The molecule has 2 aromatic rings. The van der Waals surface area contributed by atoms with E-state index >= 15 is 0 Å². The number of aliphatic imine (C=N–C) groups is 1. The average molecular weight is 536 g/mol. The Morgan fingerprint density at radius 1 is 1.17 bits per heavy atom. The molecular formula is C19H24F3IN6O. The molecule has 30 heavy (non-hydrogen) atoms. The summed E-state index contributed by atoms with van der Waals surface area (Å²) < 4.78 is 43.5. The molecular weight excluding hydrogens is 512 g/mol. The van der Waals surface area contributed by atoms with E-state index in [0.717, 1.165) is 37.5 Å². The van der Waals surface area contributed by atoms with E-state index < -0.39 is 11.9 Å². The third-order valence-corrected chi connectivity index (χ3v) is 4.33. The van der Waals surface area contributed by atoms with Crippen LogP contribution in [-0.4, -0.2) is 49.2 Å². The van der Waals surface area contributed by atoms with Crippen LogP contribution in [0.4, 0.5) is 19.1 Å². The van der Waals surface area contributed by atoms with Crippen LogP contribution in [0.25, 0.3) is 0 Å². The SMILES string of the molecule is CN=C(NCCNc1nccc(C(F)(F)F)n1)NCCc1ccc2c(c1)CCO2.I. The Kier molecular flexibility index (Phi) is 8.93. The quantitative estimate of drug-likeness (QED) is 0.219. The standard InChI is InChI=1S/C19H23F3N6O.HI/c1-23-17(24-7-4-13-2-3-15-14(12-13)6-11-29-15)26-9-10-27-18-25-8-5-16(28-18)19(20,21)22;/h2-3,5,8,12H,4,6-7,9-11H2,1H3,(H2,23,24,26)(H,25,27,28);1H. The molecule has 0 aliphatic carbocycles. The monoisotopic (exact) mass is 536 g/mol. The zero-order valence-electron chi connectivity index (χ0n) is 16.4. The normalized spacial score (nSPS) is 13.1. The Morgan fingerprint density at radius 3 is 2.73 bits per heavy atom. The molecule has 7 nitrogen and oxygen atoms in total. The minimum atomic E-state index is -4.49. The van der Waals surface area contributed by atoms with Crippen molar-refractivity contribution in [2.75, 3.05) is 38.6 Å². The van der Waals surface area contributed by atoms with E-state index in [1.54, 1.807) is 7.05 Å². The first-order valence-electron chi connectivity index (χ1n) is 9.29. The number of nitrogens with zero attached hydrogens (tertiary/aromatic N) is 3. The number of alkyl halides is 3.